The van der Waals surface area contributed by atoms with Crippen molar-refractivity contribution >= 4 is 17.7 Å². The molecule has 0 atom stereocenters. The second kappa shape index (κ2) is 8.44. The standard InChI is InChI=1S/C17H18FNO2S/c1-13-2-8-16(9-3-13)22-11-10-19-17(20)12-21-15-6-4-14(18)5-7-15/h2-9H,10-12H2,1H3,(H,19,20). The van der Waals surface area contributed by atoms with Crippen molar-refractivity contribution in [3.63, 3.8) is 0 Å². The minimum atomic E-state index is -0.329. The lowest BCUT2D eigenvalue weighted by molar-refractivity contribution is -0.122. The molecular formula is C17H18FNO2S. The van der Waals surface area contributed by atoms with Crippen LogP contribution in [0.2, 0.25) is 0 Å². The summed E-state index contributed by atoms with van der Waals surface area (Å²) >= 11 is 1.69. The number of ether oxygens (including phenoxy) is 1. The number of carbonyl (C=O) groups is 1. The lowest BCUT2D eigenvalue weighted by Gasteiger charge is -2.07. The number of aryl methyl sites for hydroxylation is 1. The van der Waals surface area contributed by atoms with E-state index in [-0.39, 0.29) is 18.3 Å². The summed E-state index contributed by atoms with van der Waals surface area (Å²) in [4.78, 5) is 12.8. The molecule has 3 nitrogen and oxygen atoms in total. The predicted molar refractivity (Wildman–Crippen MR) is 86.8 cm³/mol. The second-order valence-electron chi connectivity index (χ2n) is 4.75. The molecule has 0 saturated carbocycles. The summed E-state index contributed by atoms with van der Waals surface area (Å²) in [6.07, 6.45) is 0. The zero-order chi connectivity index (χ0) is 15.8. The molecule has 1 N–H and O–H groups in total. The predicted octanol–water partition coefficient (Wildman–Crippen LogP) is 3.42. The lowest BCUT2D eigenvalue weighted by atomic mass is 10.2. The quantitative estimate of drug-likeness (QED) is 0.628. The maximum absolute atomic E-state index is 12.7. The van der Waals surface area contributed by atoms with Crippen LogP contribution in [0.4, 0.5) is 4.39 Å². The van der Waals surface area contributed by atoms with Crippen molar-refractivity contribution in [3.05, 3.63) is 59.9 Å². The number of thioether (sulfide) groups is 1. The highest BCUT2D eigenvalue weighted by Crippen LogP contribution is 2.17. The van der Waals surface area contributed by atoms with Crippen LogP contribution in [-0.2, 0) is 4.79 Å². The number of nitrogens with one attached hydrogen (secondary N) is 1. The number of hydrogen-bond donors (Lipinski definition) is 1. The fraction of sp³-hybridized carbons (Fsp3) is 0.235. The number of halogens is 1. The van der Waals surface area contributed by atoms with E-state index in [0.29, 0.717) is 12.3 Å². The van der Waals surface area contributed by atoms with Crippen LogP contribution < -0.4 is 10.1 Å². The normalized spacial score (nSPS) is 10.3. The third-order valence-electron chi connectivity index (χ3n) is 2.90. The highest BCUT2D eigenvalue weighted by atomic mass is 32.2. The molecule has 0 fully saturated rings. The first-order valence-electron chi connectivity index (χ1n) is 6.98. The van der Waals surface area contributed by atoms with Crippen molar-refractivity contribution in [2.45, 2.75) is 11.8 Å². The van der Waals surface area contributed by atoms with Gasteiger partial charge < -0.3 is 10.1 Å². The summed E-state index contributed by atoms with van der Waals surface area (Å²) in [6, 6.07) is 13.9. The smallest absolute Gasteiger partial charge is 0.257 e. The van der Waals surface area contributed by atoms with E-state index in [1.807, 2.05) is 0 Å². The summed E-state index contributed by atoms with van der Waals surface area (Å²) < 4.78 is 18.0. The van der Waals surface area contributed by atoms with Gasteiger partial charge in [-0.25, -0.2) is 4.39 Å². The third kappa shape index (κ3) is 5.77. The number of amides is 1. The van der Waals surface area contributed by atoms with E-state index in [4.69, 9.17) is 4.74 Å². The molecule has 0 unspecified atom stereocenters. The molecule has 5 heteroatoms. The Morgan fingerprint density at radius 3 is 2.50 bits per heavy atom. The molecule has 22 heavy (non-hydrogen) atoms. The highest BCUT2D eigenvalue weighted by Gasteiger charge is 2.02. The average molecular weight is 319 g/mol. The van der Waals surface area contributed by atoms with Gasteiger partial charge in [0.25, 0.3) is 5.91 Å². The van der Waals surface area contributed by atoms with Crippen LogP contribution in [0.3, 0.4) is 0 Å². The first-order valence-corrected chi connectivity index (χ1v) is 7.96. The Morgan fingerprint density at radius 2 is 1.82 bits per heavy atom. The van der Waals surface area contributed by atoms with Crippen molar-refractivity contribution in [3.8, 4) is 5.75 Å². The molecule has 0 aliphatic heterocycles. The zero-order valence-corrected chi connectivity index (χ0v) is 13.2. The van der Waals surface area contributed by atoms with Gasteiger partial charge in [0.1, 0.15) is 11.6 Å². The largest absolute Gasteiger partial charge is 0.484 e. The van der Waals surface area contributed by atoms with E-state index in [9.17, 15) is 9.18 Å². The van der Waals surface area contributed by atoms with E-state index >= 15 is 0 Å². The van der Waals surface area contributed by atoms with Crippen molar-refractivity contribution in [1.82, 2.24) is 5.32 Å². The van der Waals surface area contributed by atoms with E-state index in [0.717, 1.165) is 5.75 Å². The molecule has 0 radical (unpaired) electrons. The van der Waals surface area contributed by atoms with Gasteiger partial charge in [0.2, 0.25) is 0 Å². The van der Waals surface area contributed by atoms with Crippen LogP contribution in [0, 0.1) is 12.7 Å². The maximum Gasteiger partial charge on any atom is 0.257 e. The number of rotatable bonds is 7. The van der Waals surface area contributed by atoms with Crippen molar-refractivity contribution in [2.24, 2.45) is 0 Å². The number of benzene rings is 2. The van der Waals surface area contributed by atoms with Crippen LogP contribution >= 0.6 is 11.8 Å². The Hall–Kier alpha value is -2.01. The van der Waals surface area contributed by atoms with E-state index in [1.165, 1.54) is 34.7 Å². The molecule has 0 aliphatic carbocycles. The summed E-state index contributed by atoms with van der Waals surface area (Å²) in [5.74, 6) is 0.759. The molecule has 0 aliphatic rings. The fourth-order valence-electron chi connectivity index (χ4n) is 1.72. The van der Waals surface area contributed by atoms with Gasteiger partial charge in [0, 0.05) is 17.2 Å². The monoisotopic (exact) mass is 319 g/mol. The van der Waals surface area contributed by atoms with Gasteiger partial charge in [-0.1, -0.05) is 17.7 Å². The molecule has 116 valence electrons. The van der Waals surface area contributed by atoms with Gasteiger partial charge in [-0.3, -0.25) is 4.79 Å². The lowest BCUT2D eigenvalue weighted by Crippen LogP contribution is -2.30. The summed E-state index contributed by atoms with van der Waals surface area (Å²) in [5.41, 5.74) is 1.23. The van der Waals surface area contributed by atoms with Gasteiger partial charge in [0.05, 0.1) is 0 Å². The Bertz CT molecular complexity index is 599. The van der Waals surface area contributed by atoms with Gasteiger partial charge in [-0.2, -0.15) is 0 Å². The van der Waals surface area contributed by atoms with Crippen LogP contribution in [-0.4, -0.2) is 24.8 Å². The Morgan fingerprint density at radius 1 is 1.14 bits per heavy atom. The first-order chi connectivity index (χ1) is 10.6. The zero-order valence-electron chi connectivity index (χ0n) is 12.3. The van der Waals surface area contributed by atoms with E-state index < -0.39 is 0 Å². The Labute approximate surface area is 133 Å². The van der Waals surface area contributed by atoms with Crippen molar-refractivity contribution in [2.75, 3.05) is 18.9 Å². The Balaban J connectivity index is 1.61. The summed E-state index contributed by atoms with van der Waals surface area (Å²) in [7, 11) is 0. The van der Waals surface area contributed by atoms with Gasteiger partial charge in [0.15, 0.2) is 6.61 Å². The second-order valence-corrected chi connectivity index (χ2v) is 5.92. The SMILES string of the molecule is Cc1ccc(SCCNC(=O)COc2ccc(F)cc2)cc1. The molecule has 0 saturated heterocycles. The highest BCUT2D eigenvalue weighted by molar-refractivity contribution is 7.99. The minimum absolute atomic E-state index is 0.0686. The number of carbonyl (C=O) groups excluding carboxylic acids is 1. The van der Waals surface area contributed by atoms with Crippen LogP contribution in [0.15, 0.2) is 53.4 Å². The van der Waals surface area contributed by atoms with Gasteiger partial charge >= 0.3 is 0 Å². The molecule has 2 rings (SSSR count). The molecule has 0 bridgehead atoms. The molecule has 2 aromatic carbocycles. The summed E-state index contributed by atoms with van der Waals surface area (Å²) in [5, 5.41) is 2.79. The molecule has 1 amide bonds. The maximum atomic E-state index is 12.7. The van der Waals surface area contributed by atoms with Crippen LogP contribution in [0.1, 0.15) is 5.56 Å². The number of hydrogen-bond acceptors (Lipinski definition) is 3. The topological polar surface area (TPSA) is 38.3 Å². The molecule has 0 aromatic heterocycles. The summed E-state index contributed by atoms with van der Waals surface area (Å²) in [6.45, 7) is 2.56. The van der Waals surface area contributed by atoms with Crippen molar-refractivity contribution in [1.29, 1.82) is 0 Å². The molecule has 2 aromatic rings. The van der Waals surface area contributed by atoms with Crippen molar-refractivity contribution < 1.29 is 13.9 Å². The molecule has 0 spiro atoms. The van der Waals surface area contributed by atoms with E-state index in [2.05, 4.69) is 36.5 Å². The third-order valence-corrected chi connectivity index (χ3v) is 3.91. The van der Waals surface area contributed by atoms with Crippen LogP contribution in [0.5, 0.6) is 5.75 Å². The van der Waals surface area contributed by atoms with E-state index in [1.54, 1.807) is 11.8 Å². The molecule has 0 heterocycles. The first kappa shape index (κ1) is 16.4. The Kier molecular flexibility index (Phi) is 6.27. The van der Waals surface area contributed by atoms with Gasteiger partial charge in [-0.05, 0) is 43.3 Å². The molecular weight excluding hydrogens is 301 g/mol. The van der Waals surface area contributed by atoms with Crippen LogP contribution in [0.25, 0.3) is 0 Å². The van der Waals surface area contributed by atoms with Gasteiger partial charge in [-0.15, -0.1) is 11.8 Å². The minimum Gasteiger partial charge on any atom is -0.484 e. The average Bonchev–Trinajstić information content (AvgIpc) is 2.53. The fourth-order valence-corrected chi connectivity index (χ4v) is 2.49.